The first-order chi connectivity index (χ1) is 14.3. The fourth-order valence-corrected chi connectivity index (χ4v) is 3.57. The van der Waals surface area contributed by atoms with Gasteiger partial charge in [0.2, 0.25) is 11.7 Å². The lowest BCUT2D eigenvalue weighted by atomic mass is 10.2. The van der Waals surface area contributed by atoms with Crippen LogP contribution in [0.25, 0.3) is 17.1 Å². The van der Waals surface area contributed by atoms with Crippen LogP contribution in [-0.4, -0.2) is 33.4 Å². The molecule has 0 bridgehead atoms. The first kappa shape index (κ1) is 19.1. The summed E-state index contributed by atoms with van der Waals surface area (Å²) >= 11 is 1.53. The Bertz CT molecular complexity index is 1060. The minimum atomic E-state index is 0.525. The summed E-state index contributed by atoms with van der Waals surface area (Å²) in [7, 11) is 1.65. The number of imidazole rings is 1. The van der Waals surface area contributed by atoms with Crippen LogP contribution in [0.4, 0.5) is 0 Å². The first-order valence-electron chi connectivity index (χ1n) is 9.13. The molecule has 8 heteroatoms. The molecular formula is C21H20N4O3S. The topological polar surface area (TPSA) is 75.2 Å². The summed E-state index contributed by atoms with van der Waals surface area (Å²) in [5.74, 6) is 3.26. The molecule has 0 saturated carbocycles. The van der Waals surface area contributed by atoms with Crippen molar-refractivity contribution in [2.45, 2.75) is 17.8 Å². The third kappa shape index (κ3) is 4.43. The van der Waals surface area contributed by atoms with E-state index in [2.05, 4.69) is 15.1 Å². The Labute approximate surface area is 172 Å². The zero-order chi connectivity index (χ0) is 20.1. The van der Waals surface area contributed by atoms with Crippen LogP contribution in [0.15, 0.2) is 70.6 Å². The van der Waals surface area contributed by atoms with E-state index in [1.54, 1.807) is 13.3 Å². The Morgan fingerprint density at radius 1 is 1.03 bits per heavy atom. The van der Waals surface area contributed by atoms with Gasteiger partial charge in [0.25, 0.3) is 0 Å². The van der Waals surface area contributed by atoms with Crippen molar-refractivity contribution in [1.82, 2.24) is 19.7 Å². The van der Waals surface area contributed by atoms with Crippen molar-refractivity contribution in [3.8, 4) is 28.6 Å². The summed E-state index contributed by atoms with van der Waals surface area (Å²) < 4.78 is 18.1. The third-order valence-corrected chi connectivity index (χ3v) is 5.13. The monoisotopic (exact) mass is 408 g/mol. The van der Waals surface area contributed by atoms with Gasteiger partial charge in [0, 0.05) is 23.6 Å². The predicted octanol–water partition coefficient (Wildman–Crippen LogP) is 4.62. The number of nitrogens with zero attached hydrogens (tertiary/aromatic N) is 4. The SMILES string of the molecule is CCOc1ccc(-c2noc(CSc3nccn3-c3ccc(OC)cc3)n2)cc1. The van der Waals surface area contributed by atoms with E-state index in [4.69, 9.17) is 14.0 Å². The van der Waals surface area contributed by atoms with Gasteiger partial charge in [0.05, 0.1) is 19.5 Å². The summed E-state index contributed by atoms with van der Waals surface area (Å²) in [4.78, 5) is 8.92. The Morgan fingerprint density at radius 2 is 1.79 bits per heavy atom. The summed E-state index contributed by atoms with van der Waals surface area (Å²) in [5.41, 5.74) is 1.89. The Kier molecular flexibility index (Phi) is 5.81. The lowest BCUT2D eigenvalue weighted by molar-refractivity contribution is 0.340. The van der Waals surface area contributed by atoms with Crippen molar-refractivity contribution >= 4 is 11.8 Å². The summed E-state index contributed by atoms with van der Waals surface area (Å²) in [5, 5.41) is 4.92. The zero-order valence-corrected chi connectivity index (χ0v) is 16.9. The Balaban J connectivity index is 1.43. The van der Waals surface area contributed by atoms with Gasteiger partial charge in [0.1, 0.15) is 11.5 Å². The highest BCUT2D eigenvalue weighted by Gasteiger charge is 2.12. The number of ether oxygens (including phenoxy) is 2. The van der Waals surface area contributed by atoms with E-state index in [9.17, 15) is 0 Å². The molecule has 0 aliphatic rings. The minimum absolute atomic E-state index is 0.525. The van der Waals surface area contributed by atoms with Crippen LogP contribution in [0, 0.1) is 0 Å². The molecule has 0 spiro atoms. The van der Waals surface area contributed by atoms with E-state index in [1.807, 2.05) is 66.2 Å². The molecule has 2 aromatic heterocycles. The largest absolute Gasteiger partial charge is 0.497 e. The molecular weight excluding hydrogens is 388 g/mol. The molecule has 0 unspecified atom stereocenters. The van der Waals surface area contributed by atoms with Gasteiger partial charge < -0.3 is 14.0 Å². The second-order valence-electron chi connectivity index (χ2n) is 6.04. The second-order valence-corrected chi connectivity index (χ2v) is 6.98. The molecule has 4 rings (SSSR count). The van der Waals surface area contributed by atoms with Crippen LogP contribution in [0.5, 0.6) is 11.5 Å². The van der Waals surface area contributed by atoms with Crippen molar-refractivity contribution in [1.29, 1.82) is 0 Å². The van der Waals surface area contributed by atoms with Crippen molar-refractivity contribution in [3.05, 3.63) is 66.8 Å². The number of methoxy groups -OCH3 is 1. The molecule has 0 aliphatic heterocycles. The Hall–Kier alpha value is -3.26. The van der Waals surface area contributed by atoms with Gasteiger partial charge in [-0.05, 0) is 55.5 Å². The van der Waals surface area contributed by atoms with Crippen LogP contribution in [0.3, 0.4) is 0 Å². The standard InChI is InChI=1S/C21H20N4O3S/c1-3-27-18-8-4-15(5-9-18)20-23-19(28-24-20)14-29-21-22-12-13-25(21)16-6-10-17(26-2)11-7-16/h4-13H,3,14H2,1-2H3. The molecule has 0 radical (unpaired) electrons. The van der Waals surface area contributed by atoms with Gasteiger partial charge in [0.15, 0.2) is 5.16 Å². The van der Waals surface area contributed by atoms with Crippen molar-refractivity contribution in [2.24, 2.45) is 0 Å². The molecule has 2 heterocycles. The highest BCUT2D eigenvalue weighted by atomic mass is 32.2. The highest BCUT2D eigenvalue weighted by molar-refractivity contribution is 7.98. The van der Waals surface area contributed by atoms with Crippen LogP contribution in [-0.2, 0) is 5.75 Å². The number of benzene rings is 2. The fourth-order valence-electron chi connectivity index (χ4n) is 2.76. The quantitative estimate of drug-likeness (QED) is 0.394. The van der Waals surface area contributed by atoms with E-state index >= 15 is 0 Å². The van der Waals surface area contributed by atoms with E-state index < -0.39 is 0 Å². The van der Waals surface area contributed by atoms with Crippen LogP contribution in [0.1, 0.15) is 12.8 Å². The van der Waals surface area contributed by atoms with E-state index in [0.717, 1.165) is 27.9 Å². The average Bonchev–Trinajstić information content (AvgIpc) is 3.43. The molecule has 0 saturated heterocycles. The molecule has 0 aliphatic carbocycles. The van der Waals surface area contributed by atoms with Crippen molar-refractivity contribution in [3.63, 3.8) is 0 Å². The smallest absolute Gasteiger partial charge is 0.237 e. The molecule has 4 aromatic rings. The van der Waals surface area contributed by atoms with Gasteiger partial charge in [-0.2, -0.15) is 4.98 Å². The molecule has 0 N–H and O–H groups in total. The molecule has 0 fully saturated rings. The number of aromatic nitrogens is 4. The lowest BCUT2D eigenvalue weighted by Crippen LogP contribution is -1.95. The van der Waals surface area contributed by atoms with Crippen molar-refractivity contribution < 1.29 is 14.0 Å². The van der Waals surface area contributed by atoms with Crippen LogP contribution >= 0.6 is 11.8 Å². The zero-order valence-electron chi connectivity index (χ0n) is 16.1. The van der Waals surface area contributed by atoms with Crippen molar-refractivity contribution in [2.75, 3.05) is 13.7 Å². The lowest BCUT2D eigenvalue weighted by Gasteiger charge is -2.07. The molecule has 148 valence electrons. The maximum Gasteiger partial charge on any atom is 0.237 e. The van der Waals surface area contributed by atoms with Crippen LogP contribution < -0.4 is 9.47 Å². The van der Waals surface area contributed by atoms with Gasteiger partial charge in [-0.25, -0.2) is 4.98 Å². The third-order valence-electron chi connectivity index (χ3n) is 4.17. The molecule has 2 aromatic carbocycles. The second kappa shape index (κ2) is 8.83. The molecule has 7 nitrogen and oxygen atoms in total. The van der Waals surface area contributed by atoms with Gasteiger partial charge in [-0.1, -0.05) is 16.9 Å². The predicted molar refractivity (Wildman–Crippen MR) is 111 cm³/mol. The van der Waals surface area contributed by atoms with Gasteiger partial charge >= 0.3 is 0 Å². The van der Waals surface area contributed by atoms with E-state index in [1.165, 1.54) is 11.8 Å². The minimum Gasteiger partial charge on any atom is -0.497 e. The molecule has 29 heavy (non-hydrogen) atoms. The highest BCUT2D eigenvalue weighted by Crippen LogP contribution is 2.26. The van der Waals surface area contributed by atoms with Gasteiger partial charge in [-0.15, -0.1) is 0 Å². The maximum absolute atomic E-state index is 5.46. The normalized spacial score (nSPS) is 10.8. The van der Waals surface area contributed by atoms with E-state index in [0.29, 0.717) is 24.1 Å². The van der Waals surface area contributed by atoms with Gasteiger partial charge in [-0.3, -0.25) is 4.57 Å². The Morgan fingerprint density at radius 3 is 2.52 bits per heavy atom. The summed E-state index contributed by atoms with van der Waals surface area (Å²) in [6, 6.07) is 15.5. The van der Waals surface area contributed by atoms with Crippen LogP contribution in [0.2, 0.25) is 0 Å². The summed E-state index contributed by atoms with van der Waals surface area (Å²) in [6.07, 6.45) is 3.69. The number of hydrogen-bond donors (Lipinski definition) is 0. The number of thioether (sulfide) groups is 1. The maximum atomic E-state index is 5.46. The fraction of sp³-hybridized carbons (Fsp3) is 0.190. The molecule has 0 amide bonds. The average molecular weight is 408 g/mol. The summed E-state index contributed by atoms with van der Waals surface area (Å²) in [6.45, 7) is 2.59. The number of rotatable bonds is 8. The first-order valence-corrected chi connectivity index (χ1v) is 10.1. The molecule has 0 atom stereocenters. The number of hydrogen-bond acceptors (Lipinski definition) is 7. The van der Waals surface area contributed by atoms with E-state index in [-0.39, 0.29) is 0 Å².